The lowest BCUT2D eigenvalue weighted by Gasteiger charge is -2.37. The van der Waals surface area contributed by atoms with Gasteiger partial charge in [0.15, 0.2) is 0 Å². The summed E-state index contributed by atoms with van der Waals surface area (Å²) >= 11 is 0. The van der Waals surface area contributed by atoms with Gasteiger partial charge in [0.2, 0.25) is 5.91 Å². The second-order valence-corrected chi connectivity index (χ2v) is 6.94. The van der Waals surface area contributed by atoms with E-state index in [1.807, 2.05) is 30.3 Å². The fourth-order valence-electron chi connectivity index (χ4n) is 3.34. The fraction of sp³-hybridized carbons (Fsp3) is 0.421. The lowest BCUT2D eigenvalue weighted by molar-refractivity contribution is -0.122. The zero-order valence-corrected chi connectivity index (χ0v) is 15.9. The number of aryl methyl sites for hydroxylation is 1. The van der Waals surface area contributed by atoms with Crippen LogP contribution in [-0.2, 0) is 18.9 Å². The number of benzene rings is 1. The Bertz CT molecular complexity index is 927. The summed E-state index contributed by atoms with van der Waals surface area (Å²) < 4.78 is 2.27. The molecule has 0 spiro atoms. The van der Waals surface area contributed by atoms with Crippen molar-refractivity contribution in [2.24, 2.45) is 14.1 Å². The third-order valence-electron chi connectivity index (χ3n) is 4.97. The summed E-state index contributed by atoms with van der Waals surface area (Å²) in [5, 5.41) is 2.74. The number of piperazine rings is 1. The van der Waals surface area contributed by atoms with Crippen molar-refractivity contribution in [3.63, 3.8) is 0 Å². The molecule has 0 aliphatic carbocycles. The summed E-state index contributed by atoms with van der Waals surface area (Å²) in [7, 11) is 5.01. The highest BCUT2D eigenvalue weighted by Crippen LogP contribution is 2.23. The zero-order valence-electron chi connectivity index (χ0n) is 15.9. The Kier molecular flexibility index (Phi) is 5.57. The topological polar surface area (TPSA) is 79.6 Å². The minimum absolute atomic E-state index is 0.0969. The molecular weight excluding hydrogens is 346 g/mol. The first kappa shape index (κ1) is 19.1. The molecule has 1 atom stereocenters. The first-order valence-electron chi connectivity index (χ1n) is 8.93. The predicted molar refractivity (Wildman–Crippen MR) is 104 cm³/mol. The van der Waals surface area contributed by atoms with Gasteiger partial charge in [0.25, 0.3) is 5.56 Å². The van der Waals surface area contributed by atoms with Crippen molar-refractivity contribution in [1.82, 2.24) is 18.9 Å². The van der Waals surface area contributed by atoms with Gasteiger partial charge in [0.1, 0.15) is 11.7 Å². The van der Waals surface area contributed by atoms with Crippen LogP contribution in [0.1, 0.15) is 11.6 Å². The molecule has 0 radical (unpaired) electrons. The van der Waals surface area contributed by atoms with Crippen LogP contribution in [0.25, 0.3) is 0 Å². The molecule has 1 aromatic heterocycles. The molecule has 1 aliphatic rings. The normalized spacial score (nSPS) is 16.9. The summed E-state index contributed by atoms with van der Waals surface area (Å²) in [5.41, 5.74) is 0.0224. The van der Waals surface area contributed by atoms with Crippen molar-refractivity contribution in [2.75, 3.05) is 38.5 Å². The largest absolute Gasteiger partial charge is 0.330 e. The van der Waals surface area contributed by atoms with E-state index in [2.05, 4.69) is 22.2 Å². The van der Waals surface area contributed by atoms with E-state index in [-0.39, 0.29) is 11.6 Å². The number of nitrogens with one attached hydrogen (secondary N) is 1. The molecule has 1 amide bonds. The third kappa shape index (κ3) is 4.01. The first-order chi connectivity index (χ1) is 12.9. The molecule has 27 heavy (non-hydrogen) atoms. The highest BCUT2D eigenvalue weighted by molar-refractivity contribution is 5.95. The van der Waals surface area contributed by atoms with E-state index in [1.165, 1.54) is 17.8 Å². The van der Waals surface area contributed by atoms with Gasteiger partial charge in [-0.2, -0.15) is 0 Å². The van der Waals surface area contributed by atoms with Gasteiger partial charge in [0, 0.05) is 46.5 Å². The Labute approximate surface area is 157 Å². The van der Waals surface area contributed by atoms with Gasteiger partial charge in [-0.1, -0.05) is 30.3 Å². The number of carbonyl (C=O) groups excluding carboxylic acids is 1. The summed E-state index contributed by atoms with van der Waals surface area (Å²) in [5.74, 6) is -0.276. The molecule has 8 nitrogen and oxygen atoms in total. The second-order valence-electron chi connectivity index (χ2n) is 6.94. The minimum Gasteiger partial charge on any atom is -0.319 e. The fourth-order valence-corrected chi connectivity index (χ4v) is 3.34. The van der Waals surface area contributed by atoms with Crippen molar-refractivity contribution in [1.29, 1.82) is 0 Å². The SMILES string of the molecule is CN1CCN(C(C(=O)Nc2cn(C)c(=O)n(C)c2=O)c2ccccc2)CC1. The smallest absolute Gasteiger partial charge is 0.319 e. The maximum Gasteiger partial charge on any atom is 0.330 e. The molecule has 144 valence electrons. The molecule has 2 aromatic rings. The summed E-state index contributed by atoms with van der Waals surface area (Å²) in [4.78, 5) is 41.7. The molecule has 1 aliphatic heterocycles. The van der Waals surface area contributed by atoms with Crippen LogP contribution in [0.5, 0.6) is 0 Å². The minimum atomic E-state index is -0.517. The van der Waals surface area contributed by atoms with Crippen LogP contribution < -0.4 is 16.6 Å². The molecule has 0 bridgehead atoms. The summed E-state index contributed by atoms with van der Waals surface area (Å²) in [6.07, 6.45) is 1.37. The van der Waals surface area contributed by atoms with Crippen LogP contribution in [0, 0.1) is 0 Å². The molecule has 1 fully saturated rings. The lowest BCUT2D eigenvalue weighted by Crippen LogP contribution is -2.49. The molecule has 1 saturated heterocycles. The van der Waals surface area contributed by atoms with E-state index < -0.39 is 17.3 Å². The number of hydrogen-bond donors (Lipinski definition) is 1. The molecular formula is C19H25N5O3. The van der Waals surface area contributed by atoms with Gasteiger partial charge in [-0.25, -0.2) is 4.79 Å². The van der Waals surface area contributed by atoms with E-state index in [0.717, 1.165) is 36.3 Å². The molecule has 1 unspecified atom stereocenters. The maximum atomic E-state index is 13.2. The lowest BCUT2D eigenvalue weighted by atomic mass is 10.0. The van der Waals surface area contributed by atoms with E-state index in [4.69, 9.17) is 0 Å². The van der Waals surface area contributed by atoms with Gasteiger partial charge in [0.05, 0.1) is 0 Å². The highest BCUT2D eigenvalue weighted by Gasteiger charge is 2.30. The number of nitrogens with zero attached hydrogens (tertiary/aromatic N) is 4. The number of rotatable bonds is 4. The predicted octanol–water partition coefficient (Wildman–Crippen LogP) is 0.0112. The molecule has 3 rings (SSSR count). The van der Waals surface area contributed by atoms with Crippen LogP contribution in [0.3, 0.4) is 0 Å². The first-order valence-corrected chi connectivity index (χ1v) is 8.93. The quantitative estimate of drug-likeness (QED) is 0.819. The Balaban J connectivity index is 1.92. The number of amides is 1. The highest BCUT2D eigenvalue weighted by atomic mass is 16.2. The summed E-state index contributed by atoms with van der Waals surface area (Å²) in [6.45, 7) is 3.26. The van der Waals surface area contributed by atoms with Crippen LogP contribution >= 0.6 is 0 Å². The van der Waals surface area contributed by atoms with Crippen molar-refractivity contribution in [3.8, 4) is 0 Å². The number of likely N-dealkylation sites (N-methyl/N-ethyl adjacent to an activating group) is 1. The van der Waals surface area contributed by atoms with Gasteiger partial charge in [-0.3, -0.25) is 19.1 Å². The number of carbonyl (C=O) groups is 1. The Morgan fingerprint density at radius 1 is 1.00 bits per heavy atom. The van der Waals surface area contributed by atoms with Crippen molar-refractivity contribution in [2.45, 2.75) is 6.04 Å². The third-order valence-corrected chi connectivity index (χ3v) is 4.97. The standard InChI is InChI=1S/C19H25N5O3/c1-21-9-11-24(12-10-21)16(14-7-5-4-6-8-14)17(25)20-15-13-22(2)19(27)23(3)18(15)26/h4-8,13,16H,9-12H2,1-3H3,(H,20,25). The van der Waals surface area contributed by atoms with Crippen LogP contribution in [0.4, 0.5) is 5.69 Å². The zero-order chi connectivity index (χ0) is 19.6. The van der Waals surface area contributed by atoms with E-state index in [9.17, 15) is 14.4 Å². The Hall–Kier alpha value is -2.71. The molecule has 1 aromatic carbocycles. The average Bonchev–Trinajstić information content (AvgIpc) is 2.67. The molecule has 0 saturated carbocycles. The van der Waals surface area contributed by atoms with Crippen molar-refractivity contribution < 1.29 is 4.79 Å². The number of anilines is 1. The molecule has 1 N–H and O–H groups in total. The van der Waals surface area contributed by atoms with Crippen LogP contribution in [0.15, 0.2) is 46.1 Å². The van der Waals surface area contributed by atoms with E-state index in [1.54, 1.807) is 7.05 Å². The van der Waals surface area contributed by atoms with Gasteiger partial charge in [-0.05, 0) is 12.6 Å². The van der Waals surface area contributed by atoms with Gasteiger partial charge >= 0.3 is 5.69 Å². The van der Waals surface area contributed by atoms with Crippen molar-refractivity contribution >= 4 is 11.6 Å². The van der Waals surface area contributed by atoms with E-state index >= 15 is 0 Å². The number of aromatic nitrogens is 2. The second kappa shape index (κ2) is 7.89. The van der Waals surface area contributed by atoms with Crippen LogP contribution in [-0.4, -0.2) is 58.1 Å². The monoisotopic (exact) mass is 371 g/mol. The summed E-state index contributed by atoms with van der Waals surface area (Å²) in [6, 6.07) is 9.05. The van der Waals surface area contributed by atoms with Crippen LogP contribution in [0.2, 0.25) is 0 Å². The average molecular weight is 371 g/mol. The molecule has 8 heteroatoms. The van der Waals surface area contributed by atoms with Gasteiger partial charge < -0.3 is 14.8 Å². The molecule has 2 heterocycles. The Morgan fingerprint density at radius 2 is 1.63 bits per heavy atom. The van der Waals surface area contributed by atoms with Gasteiger partial charge in [-0.15, -0.1) is 0 Å². The van der Waals surface area contributed by atoms with Crippen molar-refractivity contribution in [3.05, 3.63) is 62.9 Å². The maximum absolute atomic E-state index is 13.2. The van der Waals surface area contributed by atoms with E-state index in [0.29, 0.717) is 0 Å². The number of hydrogen-bond acceptors (Lipinski definition) is 5. The Morgan fingerprint density at radius 3 is 2.26 bits per heavy atom.